The number of nitrogens with zero attached hydrogens (tertiary/aromatic N) is 1. The van der Waals surface area contributed by atoms with E-state index in [9.17, 15) is 0 Å². The summed E-state index contributed by atoms with van der Waals surface area (Å²) in [6.07, 6.45) is 1.71. The Balaban J connectivity index is 1.99. The molecule has 3 N–H and O–H groups in total. The second-order valence-corrected chi connectivity index (χ2v) is 4.41. The number of rotatable bonds is 3. The van der Waals surface area contributed by atoms with E-state index in [1.54, 1.807) is 36.2 Å². The van der Waals surface area contributed by atoms with Crippen LogP contribution in [0.25, 0.3) is 0 Å². The Bertz CT molecular complexity index is 471. The molecule has 1 heterocycles. The summed E-state index contributed by atoms with van der Waals surface area (Å²) in [4.78, 5) is 5.32. The van der Waals surface area contributed by atoms with Gasteiger partial charge < -0.3 is 10.8 Å². The van der Waals surface area contributed by atoms with E-state index in [0.717, 1.165) is 22.0 Å². The molecule has 2 aromatic rings. The molecule has 0 aliphatic carbocycles. The zero-order valence-corrected chi connectivity index (χ0v) is 9.45. The number of aromatic nitrogens is 1. The summed E-state index contributed by atoms with van der Waals surface area (Å²) < 4.78 is 0. The second-order valence-electron chi connectivity index (χ2n) is 3.36. The minimum Gasteiger partial charge on any atom is -0.508 e. The van der Waals surface area contributed by atoms with Crippen LogP contribution in [0.2, 0.25) is 0 Å². The number of phenolic OH excluding ortho intramolecular Hbond substituents is 1. The van der Waals surface area contributed by atoms with Crippen LogP contribution in [0.15, 0.2) is 47.5 Å². The van der Waals surface area contributed by atoms with Crippen molar-refractivity contribution in [2.24, 2.45) is 0 Å². The molecule has 2 rings (SSSR count). The summed E-state index contributed by atoms with van der Waals surface area (Å²) in [7, 11) is 0. The summed E-state index contributed by atoms with van der Waals surface area (Å²) >= 11 is 1.66. The monoisotopic (exact) mass is 232 g/mol. The van der Waals surface area contributed by atoms with E-state index in [4.69, 9.17) is 10.8 Å². The van der Waals surface area contributed by atoms with Gasteiger partial charge >= 0.3 is 0 Å². The molecule has 1 aromatic carbocycles. The summed E-state index contributed by atoms with van der Waals surface area (Å²) in [6.45, 7) is 0. The smallest absolute Gasteiger partial charge is 0.115 e. The van der Waals surface area contributed by atoms with Crippen LogP contribution >= 0.6 is 11.8 Å². The first kappa shape index (κ1) is 10.8. The molecule has 3 nitrogen and oxygen atoms in total. The Labute approximate surface area is 98.3 Å². The molecule has 0 unspecified atom stereocenters. The Morgan fingerprint density at radius 3 is 2.62 bits per heavy atom. The molecule has 1 aromatic heterocycles. The van der Waals surface area contributed by atoms with Gasteiger partial charge in [0.15, 0.2) is 0 Å². The highest BCUT2D eigenvalue weighted by atomic mass is 32.2. The highest BCUT2D eigenvalue weighted by molar-refractivity contribution is 7.98. The van der Waals surface area contributed by atoms with Crippen molar-refractivity contribution in [3.05, 3.63) is 48.3 Å². The zero-order valence-electron chi connectivity index (χ0n) is 8.63. The van der Waals surface area contributed by atoms with Gasteiger partial charge in [0.1, 0.15) is 5.75 Å². The summed E-state index contributed by atoms with van der Waals surface area (Å²) in [6, 6.07) is 10.8. The van der Waals surface area contributed by atoms with Gasteiger partial charge in [-0.2, -0.15) is 0 Å². The molecule has 0 saturated carbocycles. The molecule has 0 atom stereocenters. The van der Waals surface area contributed by atoms with Crippen LogP contribution in [0.4, 0.5) is 5.69 Å². The van der Waals surface area contributed by atoms with Crippen molar-refractivity contribution >= 4 is 17.4 Å². The summed E-state index contributed by atoms with van der Waals surface area (Å²) in [5, 5.41) is 9.14. The van der Waals surface area contributed by atoms with Crippen molar-refractivity contribution in [3.63, 3.8) is 0 Å². The minimum atomic E-state index is 0.284. The fraction of sp³-hybridized carbons (Fsp3) is 0.0833. The molecule has 0 bridgehead atoms. The largest absolute Gasteiger partial charge is 0.508 e. The number of aromatic hydroxyl groups is 1. The van der Waals surface area contributed by atoms with Crippen molar-refractivity contribution < 1.29 is 5.11 Å². The van der Waals surface area contributed by atoms with Crippen molar-refractivity contribution in [2.75, 3.05) is 5.73 Å². The van der Waals surface area contributed by atoms with Gasteiger partial charge in [-0.25, -0.2) is 0 Å². The van der Waals surface area contributed by atoms with Gasteiger partial charge in [0, 0.05) is 22.5 Å². The van der Waals surface area contributed by atoms with Crippen LogP contribution in [0.1, 0.15) is 5.69 Å². The maximum atomic E-state index is 9.14. The average molecular weight is 232 g/mol. The molecular formula is C12H12N2OS. The van der Waals surface area contributed by atoms with Crippen molar-refractivity contribution in [1.82, 2.24) is 4.98 Å². The lowest BCUT2D eigenvalue weighted by molar-refractivity contribution is 0.475. The third-order valence-corrected chi connectivity index (χ3v) is 3.11. The maximum Gasteiger partial charge on any atom is 0.115 e. The summed E-state index contributed by atoms with van der Waals surface area (Å²) in [5.41, 5.74) is 7.35. The maximum absolute atomic E-state index is 9.14. The van der Waals surface area contributed by atoms with Gasteiger partial charge in [0.05, 0.1) is 5.69 Å². The number of phenols is 1. The fourth-order valence-electron chi connectivity index (χ4n) is 1.28. The number of hydrogen-bond donors (Lipinski definition) is 2. The van der Waals surface area contributed by atoms with Gasteiger partial charge in [-0.05, 0) is 36.4 Å². The van der Waals surface area contributed by atoms with E-state index in [1.165, 1.54) is 0 Å². The van der Waals surface area contributed by atoms with Crippen LogP contribution < -0.4 is 5.73 Å². The van der Waals surface area contributed by atoms with Gasteiger partial charge in [-0.3, -0.25) is 4.98 Å². The van der Waals surface area contributed by atoms with E-state index in [-0.39, 0.29) is 5.75 Å². The molecular weight excluding hydrogens is 220 g/mol. The van der Waals surface area contributed by atoms with Gasteiger partial charge in [-0.1, -0.05) is 0 Å². The molecule has 82 valence electrons. The topological polar surface area (TPSA) is 59.1 Å². The van der Waals surface area contributed by atoms with E-state index < -0.39 is 0 Å². The van der Waals surface area contributed by atoms with Gasteiger partial charge in [0.25, 0.3) is 0 Å². The van der Waals surface area contributed by atoms with E-state index >= 15 is 0 Å². The highest BCUT2D eigenvalue weighted by Gasteiger charge is 1.98. The van der Waals surface area contributed by atoms with Crippen LogP contribution in [0.5, 0.6) is 5.75 Å². The molecule has 0 fully saturated rings. The molecule has 0 saturated heterocycles. The molecule has 0 aliphatic heterocycles. The van der Waals surface area contributed by atoms with Crippen LogP contribution in [-0.4, -0.2) is 10.1 Å². The third kappa shape index (κ3) is 2.90. The first-order valence-electron chi connectivity index (χ1n) is 4.86. The lowest BCUT2D eigenvalue weighted by Crippen LogP contribution is -1.90. The molecule has 4 heteroatoms. The first-order valence-corrected chi connectivity index (χ1v) is 5.85. The lowest BCUT2D eigenvalue weighted by atomic mass is 10.3. The molecule has 0 radical (unpaired) electrons. The normalized spacial score (nSPS) is 10.2. The number of anilines is 1. The van der Waals surface area contributed by atoms with E-state index in [1.807, 2.05) is 18.2 Å². The van der Waals surface area contributed by atoms with Crippen molar-refractivity contribution in [1.29, 1.82) is 0 Å². The number of pyridine rings is 1. The van der Waals surface area contributed by atoms with Crippen LogP contribution in [0.3, 0.4) is 0 Å². The standard InChI is InChI=1S/C12H12N2OS/c13-9-5-6-14-10(7-9)8-16-12-3-1-11(15)2-4-12/h1-7,15H,8H2,(H2,13,14). The Morgan fingerprint density at radius 1 is 1.19 bits per heavy atom. The first-order chi connectivity index (χ1) is 7.74. The number of thioether (sulfide) groups is 1. The summed E-state index contributed by atoms with van der Waals surface area (Å²) in [5.74, 6) is 1.06. The fourth-order valence-corrected chi connectivity index (χ4v) is 2.08. The second kappa shape index (κ2) is 4.90. The van der Waals surface area contributed by atoms with Gasteiger partial charge in [0.2, 0.25) is 0 Å². The van der Waals surface area contributed by atoms with Crippen LogP contribution in [-0.2, 0) is 5.75 Å². The minimum absolute atomic E-state index is 0.284. The Hall–Kier alpha value is -1.68. The Morgan fingerprint density at radius 2 is 1.94 bits per heavy atom. The molecule has 0 spiro atoms. The average Bonchev–Trinajstić information content (AvgIpc) is 2.28. The number of nitrogens with two attached hydrogens (primary N) is 1. The zero-order chi connectivity index (χ0) is 11.4. The quantitative estimate of drug-likeness (QED) is 0.799. The molecule has 16 heavy (non-hydrogen) atoms. The lowest BCUT2D eigenvalue weighted by Gasteiger charge is -2.02. The van der Waals surface area contributed by atoms with E-state index in [0.29, 0.717) is 0 Å². The third-order valence-electron chi connectivity index (χ3n) is 2.06. The SMILES string of the molecule is Nc1ccnc(CSc2ccc(O)cc2)c1. The van der Waals surface area contributed by atoms with E-state index in [2.05, 4.69) is 4.98 Å². The van der Waals surface area contributed by atoms with Crippen molar-refractivity contribution in [3.8, 4) is 5.75 Å². The molecule has 0 aliphatic rings. The number of benzene rings is 1. The number of hydrogen-bond acceptors (Lipinski definition) is 4. The number of nitrogen functional groups attached to an aromatic ring is 1. The predicted molar refractivity (Wildman–Crippen MR) is 66.3 cm³/mol. The predicted octanol–water partition coefficient (Wildman–Crippen LogP) is 2.66. The Kier molecular flexibility index (Phi) is 3.31. The molecule has 0 amide bonds. The highest BCUT2D eigenvalue weighted by Crippen LogP contribution is 2.24. The van der Waals surface area contributed by atoms with Gasteiger partial charge in [-0.15, -0.1) is 11.8 Å². The van der Waals surface area contributed by atoms with Crippen molar-refractivity contribution in [2.45, 2.75) is 10.6 Å². The van der Waals surface area contributed by atoms with Crippen LogP contribution in [0, 0.1) is 0 Å².